The smallest absolute Gasteiger partial charge is 0.226 e. The highest BCUT2D eigenvalue weighted by atomic mass is 16.1. The summed E-state index contributed by atoms with van der Waals surface area (Å²) in [5, 5.41) is 2.94. The van der Waals surface area contributed by atoms with Crippen LogP contribution in [0.2, 0.25) is 0 Å². The molecule has 1 N–H and O–H groups in total. The fourth-order valence-corrected chi connectivity index (χ4v) is 3.01. The Morgan fingerprint density at radius 1 is 1.12 bits per heavy atom. The lowest BCUT2D eigenvalue weighted by Gasteiger charge is -2.17. The van der Waals surface area contributed by atoms with E-state index in [1.165, 1.54) is 5.56 Å². The molecule has 0 bridgehead atoms. The van der Waals surface area contributed by atoms with Crippen molar-refractivity contribution in [2.24, 2.45) is 5.41 Å². The lowest BCUT2D eigenvalue weighted by atomic mass is 9.92. The maximum absolute atomic E-state index is 12.3. The molecule has 136 valence electrons. The van der Waals surface area contributed by atoms with Crippen molar-refractivity contribution in [2.75, 3.05) is 5.32 Å². The van der Waals surface area contributed by atoms with Crippen molar-refractivity contribution < 1.29 is 4.79 Å². The fourth-order valence-electron chi connectivity index (χ4n) is 3.01. The Morgan fingerprint density at radius 3 is 2.46 bits per heavy atom. The van der Waals surface area contributed by atoms with Gasteiger partial charge in [-0.3, -0.25) is 4.79 Å². The minimum absolute atomic E-state index is 0.0205. The van der Waals surface area contributed by atoms with Crippen LogP contribution < -0.4 is 5.32 Å². The van der Waals surface area contributed by atoms with E-state index in [9.17, 15) is 4.79 Å². The average molecular weight is 350 g/mol. The van der Waals surface area contributed by atoms with Gasteiger partial charge in [-0.25, -0.2) is 9.97 Å². The third-order valence-electron chi connectivity index (χ3n) is 4.25. The van der Waals surface area contributed by atoms with E-state index < -0.39 is 0 Å². The third-order valence-corrected chi connectivity index (χ3v) is 4.25. The number of nitrogens with zero attached hydrogens (tertiary/aromatic N) is 3. The normalized spacial score (nSPS) is 11.7. The molecule has 0 atom stereocenters. The summed E-state index contributed by atoms with van der Waals surface area (Å²) in [5.74, 6) is 1.48. The van der Waals surface area contributed by atoms with E-state index in [0.717, 1.165) is 23.4 Å². The first-order valence-electron chi connectivity index (χ1n) is 8.91. The first-order chi connectivity index (χ1) is 12.2. The van der Waals surface area contributed by atoms with Crippen molar-refractivity contribution in [3.63, 3.8) is 0 Å². The SMILES string of the molecule is Cc1cc2c(nc1NC(=O)CC(C)(C)C)nc(C)n2Cc1ccccc1. The first kappa shape index (κ1) is 18.1. The summed E-state index contributed by atoms with van der Waals surface area (Å²) in [6.07, 6.45) is 0.452. The highest BCUT2D eigenvalue weighted by Crippen LogP contribution is 2.24. The van der Waals surface area contributed by atoms with Gasteiger partial charge in [0.2, 0.25) is 5.91 Å². The minimum Gasteiger partial charge on any atom is -0.322 e. The second-order valence-corrected chi connectivity index (χ2v) is 8.01. The zero-order valence-electron chi connectivity index (χ0n) is 16.1. The molecule has 0 aliphatic rings. The highest BCUT2D eigenvalue weighted by Gasteiger charge is 2.18. The number of aromatic nitrogens is 3. The van der Waals surface area contributed by atoms with Gasteiger partial charge in [0.15, 0.2) is 5.65 Å². The van der Waals surface area contributed by atoms with Crippen molar-refractivity contribution in [3.05, 3.63) is 53.3 Å². The number of nitrogens with one attached hydrogen (secondary N) is 1. The molecule has 0 saturated carbocycles. The van der Waals surface area contributed by atoms with Crippen LogP contribution in [0, 0.1) is 19.3 Å². The van der Waals surface area contributed by atoms with E-state index in [0.29, 0.717) is 17.9 Å². The number of pyridine rings is 1. The number of amides is 1. The van der Waals surface area contributed by atoms with Crippen molar-refractivity contribution in [1.29, 1.82) is 0 Å². The van der Waals surface area contributed by atoms with Gasteiger partial charge in [-0.1, -0.05) is 51.1 Å². The molecule has 5 heteroatoms. The molecule has 3 aromatic rings. The molecule has 2 aromatic heterocycles. The van der Waals surface area contributed by atoms with Crippen LogP contribution in [-0.2, 0) is 11.3 Å². The number of fused-ring (bicyclic) bond motifs is 1. The second kappa shape index (κ2) is 6.90. The number of carbonyl (C=O) groups excluding carboxylic acids is 1. The first-order valence-corrected chi connectivity index (χ1v) is 8.91. The van der Waals surface area contributed by atoms with E-state index in [-0.39, 0.29) is 11.3 Å². The lowest BCUT2D eigenvalue weighted by Crippen LogP contribution is -2.20. The molecule has 0 aliphatic heterocycles. The van der Waals surface area contributed by atoms with Gasteiger partial charge in [-0.15, -0.1) is 0 Å². The van der Waals surface area contributed by atoms with E-state index in [2.05, 4.69) is 38.1 Å². The van der Waals surface area contributed by atoms with Crippen LogP contribution in [-0.4, -0.2) is 20.4 Å². The van der Waals surface area contributed by atoms with Crippen LogP contribution in [0.25, 0.3) is 11.2 Å². The molecule has 3 rings (SSSR count). The standard InChI is InChI=1S/C21H26N4O/c1-14-11-17-20(24-19(14)23-18(26)12-21(3,4)5)22-15(2)25(17)13-16-9-7-6-8-10-16/h6-11H,12-13H2,1-5H3,(H,23,24,26). The Balaban J connectivity index is 1.91. The Morgan fingerprint density at radius 2 is 1.81 bits per heavy atom. The van der Waals surface area contributed by atoms with Crippen LogP contribution in [0.1, 0.15) is 44.1 Å². The Hall–Kier alpha value is -2.69. The minimum atomic E-state index is -0.0596. The predicted molar refractivity (Wildman–Crippen MR) is 105 cm³/mol. The van der Waals surface area contributed by atoms with Crippen LogP contribution >= 0.6 is 0 Å². The van der Waals surface area contributed by atoms with Gasteiger partial charge in [-0.05, 0) is 36.5 Å². The van der Waals surface area contributed by atoms with Crippen LogP contribution in [0.3, 0.4) is 0 Å². The zero-order chi connectivity index (χ0) is 18.9. The van der Waals surface area contributed by atoms with Crippen molar-refractivity contribution in [1.82, 2.24) is 14.5 Å². The number of aryl methyl sites for hydroxylation is 2. The van der Waals surface area contributed by atoms with Crippen molar-refractivity contribution >= 4 is 22.9 Å². The van der Waals surface area contributed by atoms with Crippen molar-refractivity contribution in [2.45, 2.75) is 47.6 Å². The van der Waals surface area contributed by atoms with Gasteiger partial charge < -0.3 is 9.88 Å². The number of benzene rings is 1. The lowest BCUT2D eigenvalue weighted by molar-refractivity contribution is -0.117. The number of rotatable bonds is 4. The molecular formula is C21H26N4O. The number of imidazole rings is 1. The molecule has 0 fully saturated rings. The third kappa shape index (κ3) is 4.10. The summed E-state index contributed by atoms with van der Waals surface area (Å²) < 4.78 is 2.16. The summed E-state index contributed by atoms with van der Waals surface area (Å²) in [5.41, 5.74) is 3.74. The van der Waals surface area contributed by atoms with Gasteiger partial charge in [0.1, 0.15) is 11.6 Å². The maximum atomic E-state index is 12.3. The summed E-state index contributed by atoms with van der Waals surface area (Å²) in [7, 11) is 0. The second-order valence-electron chi connectivity index (χ2n) is 8.01. The number of hydrogen-bond donors (Lipinski definition) is 1. The summed E-state index contributed by atoms with van der Waals surface area (Å²) in [4.78, 5) is 21.5. The molecule has 0 saturated heterocycles. The summed E-state index contributed by atoms with van der Waals surface area (Å²) in [6, 6.07) is 12.4. The van der Waals surface area contributed by atoms with E-state index in [1.807, 2.05) is 52.8 Å². The molecule has 0 unspecified atom stereocenters. The monoisotopic (exact) mass is 350 g/mol. The van der Waals surface area contributed by atoms with E-state index in [4.69, 9.17) is 0 Å². The molecule has 1 aromatic carbocycles. The van der Waals surface area contributed by atoms with Crippen LogP contribution in [0.4, 0.5) is 5.82 Å². The Kier molecular flexibility index (Phi) is 4.81. The van der Waals surface area contributed by atoms with Gasteiger partial charge in [-0.2, -0.15) is 0 Å². The molecular weight excluding hydrogens is 324 g/mol. The van der Waals surface area contributed by atoms with E-state index in [1.54, 1.807) is 0 Å². The quantitative estimate of drug-likeness (QED) is 0.755. The number of anilines is 1. The summed E-state index contributed by atoms with van der Waals surface area (Å²) >= 11 is 0. The molecule has 0 radical (unpaired) electrons. The zero-order valence-corrected chi connectivity index (χ0v) is 16.1. The molecule has 1 amide bonds. The average Bonchev–Trinajstić information content (AvgIpc) is 2.82. The highest BCUT2D eigenvalue weighted by molar-refractivity contribution is 5.92. The largest absolute Gasteiger partial charge is 0.322 e. The fraction of sp³-hybridized carbons (Fsp3) is 0.381. The molecule has 0 spiro atoms. The van der Waals surface area contributed by atoms with Crippen LogP contribution in [0.15, 0.2) is 36.4 Å². The van der Waals surface area contributed by atoms with Gasteiger partial charge in [0, 0.05) is 13.0 Å². The molecule has 26 heavy (non-hydrogen) atoms. The number of carbonyl (C=O) groups is 1. The Bertz CT molecular complexity index is 936. The predicted octanol–water partition coefficient (Wildman–Crippen LogP) is 4.47. The Labute approximate surface area is 154 Å². The topological polar surface area (TPSA) is 59.8 Å². The van der Waals surface area contributed by atoms with Gasteiger partial charge in [0.25, 0.3) is 0 Å². The molecule has 5 nitrogen and oxygen atoms in total. The van der Waals surface area contributed by atoms with Crippen molar-refractivity contribution in [3.8, 4) is 0 Å². The number of hydrogen-bond acceptors (Lipinski definition) is 3. The van der Waals surface area contributed by atoms with Gasteiger partial charge >= 0.3 is 0 Å². The van der Waals surface area contributed by atoms with E-state index >= 15 is 0 Å². The maximum Gasteiger partial charge on any atom is 0.226 e. The van der Waals surface area contributed by atoms with Gasteiger partial charge in [0.05, 0.1) is 5.52 Å². The molecule has 0 aliphatic carbocycles. The molecule has 2 heterocycles. The summed E-state index contributed by atoms with van der Waals surface area (Å²) in [6.45, 7) is 10.8. The van der Waals surface area contributed by atoms with Crippen LogP contribution in [0.5, 0.6) is 0 Å².